The Balaban J connectivity index is 2.05. The molecule has 1 aliphatic rings. The molecule has 6 heteroatoms. The molecule has 20 heavy (non-hydrogen) atoms. The smallest absolute Gasteiger partial charge is 0.252 e. The second-order valence-electron chi connectivity index (χ2n) is 5.27. The van der Waals surface area contributed by atoms with Gasteiger partial charge in [0.05, 0.1) is 0 Å². The number of hydrogen-bond acceptors (Lipinski definition) is 4. The maximum absolute atomic E-state index is 12.6. The summed E-state index contributed by atoms with van der Waals surface area (Å²) >= 11 is 1.35. The highest BCUT2D eigenvalue weighted by molar-refractivity contribution is 7.91. The number of nitrogens with zero attached hydrogens (tertiary/aromatic N) is 1. The molecule has 1 aliphatic heterocycles. The summed E-state index contributed by atoms with van der Waals surface area (Å²) in [5.41, 5.74) is 1.07. The maximum Gasteiger partial charge on any atom is 0.252 e. The molecule has 114 valence electrons. The molecule has 2 heterocycles. The summed E-state index contributed by atoms with van der Waals surface area (Å²) in [5, 5.41) is 5.26. The van der Waals surface area contributed by atoms with Crippen LogP contribution < -0.4 is 5.32 Å². The van der Waals surface area contributed by atoms with Crippen LogP contribution in [-0.2, 0) is 16.6 Å². The number of nitrogens with one attached hydrogen (secondary N) is 1. The molecule has 0 spiro atoms. The van der Waals surface area contributed by atoms with Gasteiger partial charge >= 0.3 is 0 Å². The van der Waals surface area contributed by atoms with Crippen molar-refractivity contribution < 1.29 is 8.42 Å². The standard InChI is InChI=1S/C14H24N2O2S2/c1-2-7-15-11-13-10-14(19-12-13)20(17,18)16-8-5-3-4-6-9-16/h10,12,15H,2-9,11H2,1H3. The highest BCUT2D eigenvalue weighted by Gasteiger charge is 2.26. The lowest BCUT2D eigenvalue weighted by Gasteiger charge is -2.18. The first-order valence-corrected chi connectivity index (χ1v) is 9.75. The largest absolute Gasteiger partial charge is 0.313 e. The van der Waals surface area contributed by atoms with Crippen LogP contribution in [0.4, 0.5) is 0 Å². The zero-order valence-corrected chi connectivity index (χ0v) is 13.7. The molecule has 0 unspecified atom stereocenters. The van der Waals surface area contributed by atoms with E-state index in [-0.39, 0.29) is 0 Å². The van der Waals surface area contributed by atoms with Gasteiger partial charge in [-0.1, -0.05) is 19.8 Å². The SMILES string of the molecule is CCCNCc1csc(S(=O)(=O)N2CCCCCC2)c1. The zero-order chi connectivity index (χ0) is 14.4. The van der Waals surface area contributed by atoms with Gasteiger partial charge in [-0.3, -0.25) is 0 Å². The summed E-state index contributed by atoms with van der Waals surface area (Å²) in [6.45, 7) is 5.17. The normalized spacial score (nSPS) is 18.1. The van der Waals surface area contributed by atoms with Gasteiger partial charge < -0.3 is 5.32 Å². The molecule has 1 aromatic heterocycles. The molecule has 1 aromatic rings. The number of hydrogen-bond donors (Lipinski definition) is 1. The Kier molecular flexibility index (Phi) is 6.01. The molecular weight excluding hydrogens is 292 g/mol. The van der Waals surface area contributed by atoms with Crippen LogP contribution in [-0.4, -0.2) is 32.4 Å². The lowest BCUT2D eigenvalue weighted by Crippen LogP contribution is -2.31. The van der Waals surface area contributed by atoms with Crippen LogP contribution in [0.3, 0.4) is 0 Å². The van der Waals surface area contributed by atoms with E-state index in [1.54, 1.807) is 4.31 Å². The summed E-state index contributed by atoms with van der Waals surface area (Å²) in [6.07, 6.45) is 5.33. The fraction of sp³-hybridized carbons (Fsp3) is 0.714. The van der Waals surface area contributed by atoms with Crippen LogP contribution in [0.5, 0.6) is 0 Å². The molecule has 0 bridgehead atoms. The van der Waals surface area contributed by atoms with E-state index in [2.05, 4.69) is 12.2 Å². The topological polar surface area (TPSA) is 49.4 Å². The highest BCUT2D eigenvalue weighted by Crippen LogP contribution is 2.26. The lowest BCUT2D eigenvalue weighted by atomic mass is 10.2. The van der Waals surface area contributed by atoms with Crippen molar-refractivity contribution in [1.29, 1.82) is 0 Å². The molecule has 0 saturated carbocycles. The third-order valence-corrected chi connectivity index (χ3v) is 6.91. The van der Waals surface area contributed by atoms with Crippen LogP contribution in [0.1, 0.15) is 44.6 Å². The third-order valence-electron chi connectivity index (χ3n) is 3.54. The summed E-state index contributed by atoms with van der Waals surface area (Å²) in [6, 6.07) is 1.83. The Hall–Kier alpha value is -0.430. The molecule has 0 atom stereocenters. The van der Waals surface area contributed by atoms with Gasteiger partial charge in [-0.05, 0) is 42.8 Å². The minimum absolute atomic E-state index is 0.493. The number of sulfonamides is 1. The molecule has 1 N–H and O–H groups in total. The van der Waals surface area contributed by atoms with E-state index in [1.807, 2.05) is 11.4 Å². The molecule has 1 fully saturated rings. The van der Waals surface area contributed by atoms with Crippen LogP contribution in [0.15, 0.2) is 15.7 Å². The zero-order valence-electron chi connectivity index (χ0n) is 12.1. The van der Waals surface area contributed by atoms with Crippen LogP contribution in [0.2, 0.25) is 0 Å². The van der Waals surface area contributed by atoms with Crippen molar-refractivity contribution in [3.05, 3.63) is 17.0 Å². The molecule has 0 amide bonds. The van der Waals surface area contributed by atoms with Gasteiger partial charge in [0.2, 0.25) is 0 Å². The van der Waals surface area contributed by atoms with E-state index >= 15 is 0 Å². The minimum atomic E-state index is -3.27. The minimum Gasteiger partial charge on any atom is -0.313 e. The first-order valence-electron chi connectivity index (χ1n) is 7.43. The van der Waals surface area contributed by atoms with Gasteiger partial charge in [0.25, 0.3) is 10.0 Å². The van der Waals surface area contributed by atoms with E-state index in [9.17, 15) is 8.42 Å². The Bertz CT molecular complexity index is 503. The van der Waals surface area contributed by atoms with Crippen molar-refractivity contribution in [1.82, 2.24) is 9.62 Å². The summed E-state index contributed by atoms with van der Waals surface area (Å²) in [7, 11) is -3.27. The van der Waals surface area contributed by atoms with Gasteiger partial charge in [-0.25, -0.2) is 8.42 Å². The summed E-state index contributed by atoms with van der Waals surface area (Å²) < 4.78 is 27.4. The lowest BCUT2D eigenvalue weighted by molar-refractivity contribution is 0.425. The average molecular weight is 316 g/mol. The molecule has 2 rings (SSSR count). The molecular formula is C14H24N2O2S2. The summed E-state index contributed by atoms with van der Waals surface area (Å²) in [5.74, 6) is 0. The van der Waals surface area contributed by atoms with Gasteiger partial charge in [0, 0.05) is 19.6 Å². The predicted octanol–water partition coefficient (Wildman–Crippen LogP) is 2.81. The molecule has 0 radical (unpaired) electrons. The first-order chi connectivity index (χ1) is 9.64. The fourth-order valence-electron chi connectivity index (χ4n) is 2.40. The fourth-order valence-corrected chi connectivity index (χ4v) is 5.28. The predicted molar refractivity (Wildman–Crippen MR) is 83.5 cm³/mol. The van der Waals surface area contributed by atoms with E-state index in [1.165, 1.54) is 11.3 Å². The van der Waals surface area contributed by atoms with Crippen LogP contribution >= 0.6 is 11.3 Å². The Morgan fingerprint density at radius 2 is 1.95 bits per heavy atom. The molecule has 1 saturated heterocycles. The van der Waals surface area contributed by atoms with Crippen LogP contribution in [0.25, 0.3) is 0 Å². The monoisotopic (exact) mass is 316 g/mol. The second-order valence-corrected chi connectivity index (χ2v) is 8.35. The molecule has 0 aromatic carbocycles. The van der Waals surface area contributed by atoms with E-state index in [0.29, 0.717) is 17.3 Å². The number of rotatable bonds is 6. The van der Waals surface area contributed by atoms with Crippen molar-refractivity contribution in [2.75, 3.05) is 19.6 Å². The van der Waals surface area contributed by atoms with Crippen molar-refractivity contribution in [2.45, 2.75) is 49.8 Å². The van der Waals surface area contributed by atoms with E-state index in [0.717, 1.165) is 50.8 Å². The van der Waals surface area contributed by atoms with Crippen LogP contribution in [0, 0.1) is 0 Å². The quantitative estimate of drug-likeness (QED) is 0.821. The third kappa shape index (κ3) is 4.04. The highest BCUT2D eigenvalue weighted by atomic mass is 32.2. The maximum atomic E-state index is 12.6. The van der Waals surface area contributed by atoms with Gasteiger partial charge in [0.15, 0.2) is 0 Å². The second kappa shape index (κ2) is 7.54. The number of thiophene rings is 1. The van der Waals surface area contributed by atoms with Crippen molar-refractivity contribution in [3.63, 3.8) is 0 Å². The van der Waals surface area contributed by atoms with Crippen molar-refractivity contribution >= 4 is 21.4 Å². The van der Waals surface area contributed by atoms with E-state index < -0.39 is 10.0 Å². The average Bonchev–Trinajstić information content (AvgIpc) is 2.73. The van der Waals surface area contributed by atoms with Gasteiger partial charge in [0.1, 0.15) is 4.21 Å². The van der Waals surface area contributed by atoms with E-state index in [4.69, 9.17) is 0 Å². The Morgan fingerprint density at radius 1 is 1.25 bits per heavy atom. The Morgan fingerprint density at radius 3 is 2.60 bits per heavy atom. The van der Waals surface area contributed by atoms with Crippen molar-refractivity contribution in [3.8, 4) is 0 Å². The van der Waals surface area contributed by atoms with Gasteiger partial charge in [-0.15, -0.1) is 11.3 Å². The summed E-state index contributed by atoms with van der Waals surface area (Å²) in [4.78, 5) is 0. The first kappa shape index (κ1) is 15.9. The van der Waals surface area contributed by atoms with Gasteiger partial charge in [-0.2, -0.15) is 4.31 Å². The Labute approximate surface area is 126 Å². The van der Waals surface area contributed by atoms with Crippen molar-refractivity contribution in [2.24, 2.45) is 0 Å². The molecule has 4 nitrogen and oxygen atoms in total. The molecule has 0 aliphatic carbocycles.